The molecular weight excluding hydrogens is 282 g/mol. The number of amides is 1. The minimum atomic E-state index is -0.0461. The van der Waals surface area contributed by atoms with E-state index in [9.17, 15) is 4.79 Å². The summed E-state index contributed by atoms with van der Waals surface area (Å²) in [4.78, 5) is 20.8. The van der Waals surface area contributed by atoms with Gasteiger partial charge in [0.25, 0.3) is 5.91 Å². The van der Waals surface area contributed by atoms with Gasteiger partial charge < -0.3 is 14.5 Å². The fourth-order valence-corrected chi connectivity index (χ4v) is 3.88. The summed E-state index contributed by atoms with van der Waals surface area (Å²) in [6.07, 6.45) is 4.84. The fraction of sp³-hybridized carbons (Fsp3) is 0.800. The van der Waals surface area contributed by atoms with E-state index in [2.05, 4.69) is 22.0 Å². The number of carbonyl (C=O) groups is 1. The van der Waals surface area contributed by atoms with Crippen molar-refractivity contribution in [1.82, 2.24) is 24.6 Å². The molecule has 7 nitrogen and oxygen atoms in total. The lowest BCUT2D eigenvalue weighted by atomic mass is 9.76. The standard InChI is InChI=1S/C15H25N5O2/c1-18-10-15(8-12(18)9-22-3)4-6-20(7-5-15)14(21)13-16-11-19(2)17-13/h11-12H,4-10H2,1-3H3/t12-/m1/s1. The molecule has 1 amide bonds. The molecule has 3 rings (SSSR count). The average Bonchev–Trinajstić information content (AvgIpc) is 3.05. The number of rotatable bonds is 3. The number of hydrogen-bond acceptors (Lipinski definition) is 5. The van der Waals surface area contributed by atoms with Crippen LogP contribution in [0, 0.1) is 5.41 Å². The topological polar surface area (TPSA) is 63.5 Å². The number of methoxy groups -OCH3 is 1. The molecule has 1 atom stereocenters. The number of likely N-dealkylation sites (N-methyl/N-ethyl adjacent to an activating group) is 1. The van der Waals surface area contributed by atoms with Crippen molar-refractivity contribution in [2.24, 2.45) is 12.5 Å². The van der Waals surface area contributed by atoms with Gasteiger partial charge in [0, 0.05) is 39.8 Å². The molecule has 3 heterocycles. The molecule has 122 valence electrons. The molecule has 7 heteroatoms. The van der Waals surface area contributed by atoms with Gasteiger partial charge in [0.05, 0.1) is 6.61 Å². The van der Waals surface area contributed by atoms with Crippen LogP contribution in [0.3, 0.4) is 0 Å². The second kappa shape index (κ2) is 5.96. The maximum atomic E-state index is 12.4. The van der Waals surface area contributed by atoms with Crippen LogP contribution in [-0.4, -0.2) is 76.9 Å². The summed E-state index contributed by atoms with van der Waals surface area (Å²) in [5, 5.41) is 4.11. The molecule has 2 aliphatic heterocycles. The van der Waals surface area contributed by atoms with Gasteiger partial charge in [-0.1, -0.05) is 0 Å². The number of aromatic nitrogens is 3. The number of piperidine rings is 1. The van der Waals surface area contributed by atoms with E-state index in [1.807, 2.05) is 4.90 Å². The molecule has 2 fully saturated rings. The van der Waals surface area contributed by atoms with Gasteiger partial charge in [-0.15, -0.1) is 5.10 Å². The number of aryl methyl sites for hydroxylation is 1. The lowest BCUT2D eigenvalue weighted by Gasteiger charge is -2.38. The minimum absolute atomic E-state index is 0.0461. The summed E-state index contributed by atoms with van der Waals surface area (Å²) in [6, 6.07) is 0.504. The predicted octanol–water partition coefficient (Wildman–Crippen LogP) is 0.388. The van der Waals surface area contributed by atoms with E-state index < -0.39 is 0 Å². The van der Waals surface area contributed by atoms with E-state index in [4.69, 9.17) is 4.74 Å². The van der Waals surface area contributed by atoms with Gasteiger partial charge >= 0.3 is 0 Å². The summed E-state index contributed by atoms with van der Waals surface area (Å²) in [6.45, 7) is 3.49. The maximum absolute atomic E-state index is 12.4. The van der Waals surface area contributed by atoms with Gasteiger partial charge in [0.15, 0.2) is 0 Å². The first-order valence-corrected chi connectivity index (χ1v) is 7.87. The van der Waals surface area contributed by atoms with Crippen molar-refractivity contribution in [3.63, 3.8) is 0 Å². The molecule has 0 unspecified atom stereocenters. The van der Waals surface area contributed by atoms with Crippen LogP contribution >= 0.6 is 0 Å². The smallest absolute Gasteiger partial charge is 0.293 e. The van der Waals surface area contributed by atoms with Gasteiger partial charge in [0.1, 0.15) is 6.33 Å². The Morgan fingerprint density at radius 1 is 1.41 bits per heavy atom. The first kappa shape index (κ1) is 15.4. The summed E-state index contributed by atoms with van der Waals surface area (Å²) >= 11 is 0. The van der Waals surface area contributed by atoms with Crippen LogP contribution in [0.5, 0.6) is 0 Å². The predicted molar refractivity (Wildman–Crippen MR) is 81.5 cm³/mol. The summed E-state index contributed by atoms with van der Waals surface area (Å²) in [5.41, 5.74) is 0.340. The van der Waals surface area contributed by atoms with Crippen molar-refractivity contribution in [2.75, 3.05) is 40.4 Å². The first-order chi connectivity index (χ1) is 10.5. The molecule has 1 aromatic heterocycles. The number of hydrogen-bond donors (Lipinski definition) is 0. The van der Waals surface area contributed by atoms with Crippen LogP contribution in [0.1, 0.15) is 29.9 Å². The maximum Gasteiger partial charge on any atom is 0.293 e. The summed E-state index contributed by atoms with van der Waals surface area (Å²) < 4.78 is 6.89. The Labute approximate surface area is 131 Å². The highest BCUT2D eigenvalue weighted by atomic mass is 16.5. The molecule has 1 spiro atoms. The highest BCUT2D eigenvalue weighted by Crippen LogP contribution is 2.42. The Bertz CT molecular complexity index is 536. The Morgan fingerprint density at radius 2 is 2.14 bits per heavy atom. The number of carbonyl (C=O) groups excluding carboxylic acids is 1. The molecule has 2 saturated heterocycles. The van der Waals surface area contributed by atoms with Crippen molar-refractivity contribution in [2.45, 2.75) is 25.3 Å². The molecule has 0 aliphatic carbocycles. The van der Waals surface area contributed by atoms with Crippen molar-refractivity contribution >= 4 is 5.91 Å². The second-order valence-electron chi connectivity index (χ2n) is 6.76. The van der Waals surface area contributed by atoms with E-state index in [0.29, 0.717) is 17.3 Å². The second-order valence-corrected chi connectivity index (χ2v) is 6.76. The molecular formula is C15H25N5O2. The number of ether oxygens (including phenoxy) is 1. The van der Waals surface area contributed by atoms with Gasteiger partial charge in [-0.2, -0.15) is 0 Å². The molecule has 1 aromatic rings. The van der Waals surface area contributed by atoms with E-state index in [-0.39, 0.29) is 5.91 Å². The van der Waals surface area contributed by atoms with Crippen LogP contribution < -0.4 is 0 Å². The Morgan fingerprint density at radius 3 is 2.73 bits per heavy atom. The Kier molecular flexibility index (Phi) is 4.18. The fourth-order valence-electron chi connectivity index (χ4n) is 3.88. The molecule has 2 aliphatic rings. The van der Waals surface area contributed by atoms with Crippen LogP contribution in [0.25, 0.3) is 0 Å². The molecule has 0 radical (unpaired) electrons. The zero-order valence-electron chi connectivity index (χ0n) is 13.7. The third-order valence-corrected chi connectivity index (χ3v) is 5.14. The summed E-state index contributed by atoms with van der Waals surface area (Å²) in [5.74, 6) is 0.259. The average molecular weight is 307 g/mol. The van der Waals surface area contributed by atoms with Crippen LogP contribution in [0.4, 0.5) is 0 Å². The third kappa shape index (κ3) is 2.87. The molecule has 0 N–H and O–H groups in total. The van der Waals surface area contributed by atoms with Gasteiger partial charge in [-0.25, -0.2) is 4.98 Å². The summed E-state index contributed by atoms with van der Waals surface area (Å²) in [7, 11) is 5.72. The van der Waals surface area contributed by atoms with E-state index >= 15 is 0 Å². The number of likely N-dealkylation sites (tertiary alicyclic amines) is 2. The van der Waals surface area contributed by atoms with E-state index in [1.165, 1.54) is 6.42 Å². The lowest BCUT2D eigenvalue weighted by Crippen LogP contribution is -2.44. The zero-order chi connectivity index (χ0) is 15.7. The SMILES string of the molecule is COC[C@H]1CC2(CCN(C(=O)c3ncn(C)n3)CC2)CN1C. The van der Waals surface area contributed by atoms with Crippen molar-refractivity contribution < 1.29 is 9.53 Å². The quantitative estimate of drug-likeness (QED) is 0.808. The Balaban J connectivity index is 1.60. The molecule has 0 bridgehead atoms. The normalized spacial score (nSPS) is 25.0. The molecule has 0 aromatic carbocycles. The van der Waals surface area contributed by atoms with Gasteiger partial charge in [-0.05, 0) is 31.7 Å². The van der Waals surface area contributed by atoms with Gasteiger partial charge in [-0.3, -0.25) is 9.48 Å². The monoisotopic (exact) mass is 307 g/mol. The van der Waals surface area contributed by atoms with E-state index in [0.717, 1.165) is 39.1 Å². The molecule has 0 saturated carbocycles. The first-order valence-electron chi connectivity index (χ1n) is 7.87. The van der Waals surface area contributed by atoms with Crippen molar-refractivity contribution in [1.29, 1.82) is 0 Å². The van der Waals surface area contributed by atoms with Crippen molar-refractivity contribution in [3.05, 3.63) is 12.2 Å². The highest BCUT2D eigenvalue weighted by molar-refractivity contribution is 5.90. The highest BCUT2D eigenvalue weighted by Gasteiger charge is 2.44. The van der Waals surface area contributed by atoms with Crippen LogP contribution in [0.15, 0.2) is 6.33 Å². The van der Waals surface area contributed by atoms with E-state index in [1.54, 1.807) is 25.2 Å². The van der Waals surface area contributed by atoms with Crippen LogP contribution in [0.2, 0.25) is 0 Å². The third-order valence-electron chi connectivity index (χ3n) is 5.14. The van der Waals surface area contributed by atoms with Crippen LogP contribution in [-0.2, 0) is 11.8 Å². The lowest BCUT2D eigenvalue weighted by molar-refractivity contribution is 0.0580. The molecule has 22 heavy (non-hydrogen) atoms. The number of nitrogens with zero attached hydrogens (tertiary/aromatic N) is 5. The van der Waals surface area contributed by atoms with Crippen molar-refractivity contribution in [3.8, 4) is 0 Å². The van der Waals surface area contributed by atoms with Gasteiger partial charge in [0.2, 0.25) is 5.82 Å². The largest absolute Gasteiger partial charge is 0.383 e. The minimum Gasteiger partial charge on any atom is -0.383 e. The Hall–Kier alpha value is -1.47. The zero-order valence-corrected chi connectivity index (χ0v) is 13.7.